The number of aliphatic carboxylic acids is 1. The van der Waals surface area contributed by atoms with Crippen molar-refractivity contribution < 1.29 is 14.7 Å². The molecule has 1 fully saturated rings. The molecule has 0 aliphatic heterocycles. The molecule has 18 heavy (non-hydrogen) atoms. The largest absolute Gasteiger partial charge is 0.480 e. The number of hydrogen-bond acceptors (Lipinski definition) is 3. The van der Waals surface area contributed by atoms with E-state index in [2.05, 4.69) is 0 Å². The van der Waals surface area contributed by atoms with Gasteiger partial charge in [-0.05, 0) is 19.8 Å². The highest BCUT2D eigenvalue weighted by atomic mass is 16.4. The number of nitrogens with two attached hydrogens (primary N) is 1. The first-order chi connectivity index (χ1) is 8.44. The Kier molecular flexibility index (Phi) is 5.14. The van der Waals surface area contributed by atoms with Gasteiger partial charge in [-0.3, -0.25) is 4.79 Å². The predicted octanol–water partition coefficient (Wildman–Crippen LogP) is 1.22. The zero-order valence-electron chi connectivity index (χ0n) is 11.3. The molecule has 104 valence electrons. The third-order valence-corrected chi connectivity index (χ3v) is 4.16. The van der Waals surface area contributed by atoms with Gasteiger partial charge < -0.3 is 15.7 Å². The van der Waals surface area contributed by atoms with E-state index < -0.39 is 17.4 Å². The van der Waals surface area contributed by atoms with E-state index in [4.69, 9.17) is 10.8 Å². The van der Waals surface area contributed by atoms with Crippen molar-refractivity contribution in [2.24, 2.45) is 11.1 Å². The van der Waals surface area contributed by atoms with Gasteiger partial charge in [-0.15, -0.1) is 0 Å². The molecule has 0 aromatic rings. The average molecular weight is 256 g/mol. The normalized spacial score (nSPS) is 20.8. The van der Waals surface area contributed by atoms with Gasteiger partial charge in [-0.25, -0.2) is 4.79 Å². The van der Waals surface area contributed by atoms with Gasteiger partial charge in [0.2, 0.25) is 5.91 Å². The molecule has 0 spiro atoms. The third-order valence-electron chi connectivity index (χ3n) is 4.16. The Morgan fingerprint density at radius 2 is 1.78 bits per heavy atom. The van der Waals surface area contributed by atoms with Gasteiger partial charge in [-0.2, -0.15) is 0 Å². The molecule has 1 amide bonds. The maximum atomic E-state index is 12.5. The topological polar surface area (TPSA) is 83.6 Å². The second kappa shape index (κ2) is 6.18. The predicted molar refractivity (Wildman–Crippen MR) is 69.1 cm³/mol. The summed E-state index contributed by atoms with van der Waals surface area (Å²) in [6.07, 6.45) is 5.81. The van der Waals surface area contributed by atoms with Gasteiger partial charge in [0.05, 0.1) is 5.41 Å². The third kappa shape index (κ3) is 3.02. The number of amides is 1. The highest BCUT2D eigenvalue weighted by Gasteiger charge is 2.41. The lowest BCUT2D eigenvalue weighted by Crippen LogP contribution is -2.51. The second-order valence-corrected chi connectivity index (χ2v) is 5.33. The van der Waals surface area contributed by atoms with Gasteiger partial charge >= 0.3 is 5.97 Å². The van der Waals surface area contributed by atoms with Gasteiger partial charge in [0.15, 0.2) is 0 Å². The lowest BCUT2D eigenvalue weighted by molar-refractivity contribution is -0.153. The maximum Gasteiger partial charge on any atom is 0.326 e. The SMILES string of the molecule is CC(C(=O)O)N(C)C(=O)C1(CN)CCCCCC1. The first-order valence-electron chi connectivity index (χ1n) is 6.65. The lowest BCUT2D eigenvalue weighted by Gasteiger charge is -2.35. The fraction of sp³-hybridized carbons (Fsp3) is 0.846. The Hall–Kier alpha value is -1.10. The van der Waals surface area contributed by atoms with E-state index in [1.54, 1.807) is 7.05 Å². The van der Waals surface area contributed by atoms with Crippen molar-refractivity contribution in [3.63, 3.8) is 0 Å². The van der Waals surface area contributed by atoms with Crippen LogP contribution in [0.3, 0.4) is 0 Å². The van der Waals surface area contributed by atoms with Crippen LogP contribution in [0.15, 0.2) is 0 Å². The molecule has 1 atom stereocenters. The van der Waals surface area contributed by atoms with Crippen molar-refractivity contribution in [1.82, 2.24) is 4.90 Å². The Bertz CT molecular complexity index is 309. The molecule has 5 nitrogen and oxygen atoms in total. The van der Waals surface area contributed by atoms with Crippen molar-refractivity contribution in [2.45, 2.75) is 51.5 Å². The van der Waals surface area contributed by atoms with E-state index in [0.717, 1.165) is 38.5 Å². The highest BCUT2D eigenvalue weighted by molar-refractivity contribution is 5.87. The maximum absolute atomic E-state index is 12.5. The Morgan fingerprint density at radius 1 is 1.28 bits per heavy atom. The molecule has 0 bridgehead atoms. The van der Waals surface area contributed by atoms with E-state index in [-0.39, 0.29) is 5.91 Å². The fourth-order valence-corrected chi connectivity index (χ4v) is 2.63. The van der Waals surface area contributed by atoms with E-state index in [9.17, 15) is 9.59 Å². The van der Waals surface area contributed by atoms with Gasteiger partial charge in [-0.1, -0.05) is 25.7 Å². The van der Waals surface area contributed by atoms with E-state index in [1.807, 2.05) is 0 Å². The number of hydrogen-bond donors (Lipinski definition) is 2. The Labute approximate surface area is 108 Å². The smallest absolute Gasteiger partial charge is 0.326 e. The molecule has 1 aliphatic carbocycles. The molecule has 0 saturated heterocycles. The first-order valence-corrected chi connectivity index (χ1v) is 6.65. The molecule has 5 heteroatoms. The first kappa shape index (κ1) is 15.0. The summed E-state index contributed by atoms with van der Waals surface area (Å²) in [5, 5.41) is 8.99. The molecule has 0 radical (unpaired) electrons. The number of carboxylic acids is 1. The zero-order chi connectivity index (χ0) is 13.8. The average Bonchev–Trinajstić information content (AvgIpc) is 2.62. The summed E-state index contributed by atoms with van der Waals surface area (Å²) in [6.45, 7) is 1.84. The summed E-state index contributed by atoms with van der Waals surface area (Å²) in [5.74, 6) is -1.09. The van der Waals surface area contributed by atoms with Crippen molar-refractivity contribution >= 4 is 11.9 Å². The second-order valence-electron chi connectivity index (χ2n) is 5.33. The number of carbonyl (C=O) groups excluding carboxylic acids is 1. The van der Waals surface area contributed by atoms with Crippen molar-refractivity contribution in [2.75, 3.05) is 13.6 Å². The minimum Gasteiger partial charge on any atom is -0.480 e. The molecule has 1 aliphatic rings. The number of carboxylic acid groups (broad SMARTS) is 1. The van der Waals surface area contributed by atoms with Crippen LogP contribution in [0, 0.1) is 5.41 Å². The fourth-order valence-electron chi connectivity index (χ4n) is 2.63. The van der Waals surface area contributed by atoms with Crippen molar-refractivity contribution in [3.05, 3.63) is 0 Å². The van der Waals surface area contributed by atoms with Crippen molar-refractivity contribution in [3.8, 4) is 0 Å². The molecule has 1 unspecified atom stereocenters. The van der Waals surface area contributed by atoms with E-state index >= 15 is 0 Å². The standard InChI is InChI=1S/C13H24N2O3/c1-10(11(16)17)15(2)12(18)13(9-14)7-5-3-4-6-8-13/h10H,3-9,14H2,1-2H3,(H,16,17). The Morgan fingerprint density at radius 3 is 2.17 bits per heavy atom. The number of nitrogens with zero attached hydrogens (tertiary/aromatic N) is 1. The summed E-state index contributed by atoms with van der Waals surface area (Å²) in [6, 6.07) is -0.802. The van der Waals surface area contributed by atoms with Crippen molar-refractivity contribution in [1.29, 1.82) is 0 Å². The molecule has 1 rings (SSSR count). The summed E-state index contributed by atoms with van der Waals surface area (Å²) >= 11 is 0. The highest BCUT2D eigenvalue weighted by Crippen LogP contribution is 2.36. The van der Waals surface area contributed by atoms with Gasteiger partial charge in [0.1, 0.15) is 6.04 Å². The summed E-state index contributed by atoms with van der Waals surface area (Å²) in [4.78, 5) is 24.8. The van der Waals surface area contributed by atoms with E-state index in [1.165, 1.54) is 11.8 Å². The van der Waals surface area contributed by atoms with Crippen LogP contribution in [-0.4, -0.2) is 41.5 Å². The minimum absolute atomic E-state index is 0.109. The molecule has 0 heterocycles. The van der Waals surface area contributed by atoms with Crippen LogP contribution < -0.4 is 5.73 Å². The lowest BCUT2D eigenvalue weighted by atomic mass is 9.79. The number of likely N-dealkylation sites (N-methyl/N-ethyl adjacent to an activating group) is 1. The van der Waals surface area contributed by atoms with Crippen LogP contribution in [0.1, 0.15) is 45.4 Å². The number of carbonyl (C=O) groups is 2. The molecular weight excluding hydrogens is 232 g/mol. The molecule has 0 aromatic carbocycles. The van der Waals surface area contributed by atoms with Crippen LogP contribution in [0.2, 0.25) is 0 Å². The van der Waals surface area contributed by atoms with Crippen LogP contribution in [0.25, 0.3) is 0 Å². The summed E-state index contributed by atoms with van der Waals surface area (Å²) in [5.41, 5.74) is 5.28. The van der Waals surface area contributed by atoms with Crippen LogP contribution in [0.4, 0.5) is 0 Å². The zero-order valence-corrected chi connectivity index (χ0v) is 11.3. The van der Waals surface area contributed by atoms with Crippen LogP contribution in [-0.2, 0) is 9.59 Å². The van der Waals surface area contributed by atoms with Crippen LogP contribution >= 0.6 is 0 Å². The summed E-state index contributed by atoms with van der Waals surface area (Å²) in [7, 11) is 1.56. The van der Waals surface area contributed by atoms with E-state index in [0.29, 0.717) is 6.54 Å². The molecule has 0 aromatic heterocycles. The molecule has 3 N–H and O–H groups in total. The monoisotopic (exact) mass is 256 g/mol. The molecular formula is C13H24N2O3. The number of rotatable bonds is 4. The van der Waals surface area contributed by atoms with Gasteiger partial charge in [0, 0.05) is 13.6 Å². The Balaban J connectivity index is 2.86. The molecule has 1 saturated carbocycles. The van der Waals surface area contributed by atoms with Crippen LogP contribution in [0.5, 0.6) is 0 Å². The summed E-state index contributed by atoms with van der Waals surface area (Å²) < 4.78 is 0. The van der Waals surface area contributed by atoms with Gasteiger partial charge in [0.25, 0.3) is 0 Å². The minimum atomic E-state index is -0.980. The quantitative estimate of drug-likeness (QED) is 0.741.